The van der Waals surface area contributed by atoms with Crippen LogP contribution >= 0.6 is 0 Å². The summed E-state index contributed by atoms with van der Waals surface area (Å²) in [5.41, 5.74) is 7.62. The van der Waals surface area contributed by atoms with Crippen molar-refractivity contribution in [2.24, 2.45) is 11.1 Å². The largest absolute Gasteiger partial charge is 0.454 e. The molecule has 1 saturated carbocycles. The van der Waals surface area contributed by atoms with Gasteiger partial charge in [-0.15, -0.1) is 0 Å². The first-order valence-electron chi connectivity index (χ1n) is 6.40. The van der Waals surface area contributed by atoms with E-state index >= 15 is 0 Å². The Morgan fingerprint density at radius 3 is 2.65 bits per heavy atom. The Balaban J connectivity index is 1.80. The molecule has 17 heavy (non-hydrogen) atoms. The van der Waals surface area contributed by atoms with Crippen molar-refractivity contribution in [2.75, 3.05) is 13.3 Å². The van der Waals surface area contributed by atoms with Gasteiger partial charge in [0.15, 0.2) is 11.5 Å². The molecule has 0 saturated heterocycles. The Morgan fingerprint density at radius 1 is 1.12 bits per heavy atom. The van der Waals surface area contributed by atoms with Gasteiger partial charge in [0.25, 0.3) is 0 Å². The molecule has 0 atom stereocenters. The van der Waals surface area contributed by atoms with E-state index in [1.807, 2.05) is 6.07 Å². The van der Waals surface area contributed by atoms with Crippen molar-refractivity contribution < 1.29 is 9.47 Å². The van der Waals surface area contributed by atoms with Gasteiger partial charge in [-0.2, -0.15) is 0 Å². The van der Waals surface area contributed by atoms with Gasteiger partial charge < -0.3 is 15.2 Å². The molecule has 0 aromatic heterocycles. The standard InChI is InChI=1S/C14H19NO2/c15-9-14(5-1-2-6-14)8-11-3-4-12-13(7-11)17-10-16-12/h3-4,7H,1-2,5-6,8-10,15H2. The second kappa shape index (κ2) is 4.22. The van der Waals surface area contributed by atoms with Gasteiger partial charge in [-0.1, -0.05) is 18.9 Å². The second-order valence-electron chi connectivity index (χ2n) is 5.28. The second-order valence-corrected chi connectivity index (χ2v) is 5.28. The van der Waals surface area contributed by atoms with Crippen LogP contribution in [0.1, 0.15) is 31.2 Å². The van der Waals surface area contributed by atoms with E-state index in [2.05, 4.69) is 12.1 Å². The molecule has 1 aromatic rings. The number of ether oxygens (including phenoxy) is 2. The molecule has 0 radical (unpaired) electrons. The lowest BCUT2D eigenvalue weighted by Crippen LogP contribution is -2.29. The number of hydrogen-bond acceptors (Lipinski definition) is 3. The van der Waals surface area contributed by atoms with Crippen molar-refractivity contribution >= 4 is 0 Å². The summed E-state index contributed by atoms with van der Waals surface area (Å²) < 4.78 is 10.7. The van der Waals surface area contributed by atoms with E-state index in [4.69, 9.17) is 15.2 Å². The van der Waals surface area contributed by atoms with Crippen LogP contribution in [-0.4, -0.2) is 13.3 Å². The molecule has 2 aliphatic rings. The van der Waals surface area contributed by atoms with Crippen molar-refractivity contribution in [3.63, 3.8) is 0 Å². The molecule has 1 fully saturated rings. The lowest BCUT2D eigenvalue weighted by molar-refractivity contribution is 0.174. The fourth-order valence-corrected chi connectivity index (χ4v) is 3.06. The lowest BCUT2D eigenvalue weighted by atomic mass is 9.80. The van der Waals surface area contributed by atoms with Gasteiger partial charge in [0.05, 0.1) is 0 Å². The first-order valence-corrected chi connectivity index (χ1v) is 6.40. The molecule has 3 nitrogen and oxygen atoms in total. The van der Waals surface area contributed by atoms with Crippen LogP contribution in [0, 0.1) is 5.41 Å². The van der Waals surface area contributed by atoms with Crippen LogP contribution in [-0.2, 0) is 6.42 Å². The van der Waals surface area contributed by atoms with Crippen molar-refractivity contribution in [1.29, 1.82) is 0 Å². The van der Waals surface area contributed by atoms with Crippen LogP contribution in [0.2, 0.25) is 0 Å². The highest BCUT2D eigenvalue weighted by Crippen LogP contribution is 2.41. The SMILES string of the molecule is NCC1(Cc2ccc3c(c2)OCO3)CCCC1. The summed E-state index contributed by atoms with van der Waals surface area (Å²) in [5, 5.41) is 0. The van der Waals surface area contributed by atoms with Gasteiger partial charge in [0.1, 0.15) is 0 Å². The van der Waals surface area contributed by atoms with E-state index < -0.39 is 0 Å². The number of nitrogens with two attached hydrogens (primary N) is 1. The zero-order chi connectivity index (χ0) is 11.7. The smallest absolute Gasteiger partial charge is 0.231 e. The van der Waals surface area contributed by atoms with Crippen molar-refractivity contribution in [3.05, 3.63) is 23.8 Å². The highest BCUT2D eigenvalue weighted by atomic mass is 16.7. The Hall–Kier alpha value is -1.22. The Labute approximate surface area is 102 Å². The third kappa shape index (κ3) is 2.00. The minimum atomic E-state index is 0.327. The van der Waals surface area contributed by atoms with Crippen LogP contribution in [0.3, 0.4) is 0 Å². The molecule has 0 amide bonds. The third-order valence-corrected chi connectivity index (χ3v) is 4.11. The monoisotopic (exact) mass is 233 g/mol. The van der Waals surface area contributed by atoms with E-state index in [1.165, 1.54) is 31.2 Å². The zero-order valence-corrected chi connectivity index (χ0v) is 10.1. The van der Waals surface area contributed by atoms with Crippen molar-refractivity contribution in [3.8, 4) is 11.5 Å². The molecule has 1 aliphatic heterocycles. The fourth-order valence-electron chi connectivity index (χ4n) is 3.06. The third-order valence-electron chi connectivity index (χ3n) is 4.11. The van der Waals surface area contributed by atoms with E-state index in [0.29, 0.717) is 12.2 Å². The van der Waals surface area contributed by atoms with Gasteiger partial charge in [0, 0.05) is 0 Å². The molecule has 0 unspecified atom stereocenters. The summed E-state index contributed by atoms with van der Waals surface area (Å²) in [6.07, 6.45) is 6.24. The molecular formula is C14H19NO2. The average molecular weight is 233 g/mol. The highest BCUT2D eigenvalue weighted by Gasteiger charge is 2.32. The molecule has 1 aromatic carbocycles. The summed E-state index contributed by atoms with van der Waals surface area (Å²) in [7, 11) is 0. The number of hydrogen-bond donors (Lipinski definition) is 1. The predicted molar refractivity (Wildman–Crippen MR) is 66.2 cm³/mol. The van der Waals surface area contributed by atoms with Crippen LogP contribution in [0.4, 0.5) is 0 Å². The topological polar surface area (TPSA) is 44.5 Å². The summed E-state index contributed by atoms with van der Waals surface area (Å²) >= 11 is 0. The van der Waals surface area contributed by atoms with E-state index in [9.17, 15) is 0 Å². The van der Waals surface area contributed by atoms with Crippen LogP contribution in [0.5, 0.6) is 11.5 Å². The molecule has 3 heteroatoms. The van der Waals surface area contributed by atoms with E-state index in [-0.39, 0.29) is 0 Å². The Kier molecular flexibility index (Phi) is 2.71. The summed E-state index contributed by atoms with van der Waals surface area (Å²) in [4.78, 5) is 0. The van der Waals surface area contributed by atoms with Gasteiger partial charge in [-0.05, 0) is 48.9 Å². The Morgan fingerprint density at radius 2 is 1.88 bits per heavy atom. The average Bonchev–Trinajstić information content (AvgIpc) is 2.97. The number of fused-ring (bicyclic) bond motifs is 1. The van der Waals surface area contributed by atoms with Gasteiger partial charge in [-0.3, -0.25) is 0 Å². The number of benzene rings is 1. The quantitative estimate of drug-likeness (QED) is 0.872. The highest BCUT2D eigenvalue weighted by molar-refractivity contribution is 5.44. The maximum atomic E-state index is 5.97. The molecule has 2 N–H and O–H groups in total. The van der Waals surface area contributed by atoms with Gasteiger partial charge >= 0.3 is 0 Å². The maximum Gasteiger partial charge on any atom is 0.231 e. The Bertz CT molecular complexity index is 411. The molecular weight excluding hydrogens is 214 g/mol. The number of rotatable bonds is 3. The maximum absolute atomic E-state index is 5.97. The first-order chi connectivity index (χ1) is 8.31. The molecule has 1 heterocycles. The minimum absolute atomic E-state index is 0.327. The van der Waals surface area contributed by atoms with E-state index in [0.717, 1.165) is 24.5 Å². The normalized spacial score (nSPS) is 20.8. The van der Waals surface area contributed by atoms with E-state index in [1.54, 1.807) is 0 Å². The molecule has 0 bridgehead atoms. The van der Waals surface area contributed by atoms with Crippen LogP contribution in [0.25, 0.3) is 0 Å². The van der Waals surface area contributed by atoms with Crippen LogP contribution < -0.4 is 15.2 Å². The lowest BCUT2D eigenvalue weighted by Gasteiger charge is -2.27. The first kappa shape index (κ1) is 10.9. The minimum Gasteiger partial charge on any atom is -0.454 e. The molecule has 92 valence electrons. The fraction of sp³-hybridized carbons (Fsp3) is 0.571. The van der Waals surface area contributed by atoms with Crippen molar-refractivity contribution in [2.45, 2.75) is 32.1 Å². The summed E-state index contributed by atoms with van der Waals surface area (Å²) in [5.74, 6) is 1.75. The van der Waals surface area contributed by atoms with Crippen LogP contribution in [0.15, 0.2) is 18.2 Å². The molecule has 1 aliphatic carbocycles. The summed E-state index contributed by atoms with van der Waals surface area (Å²) in [6.45, 7) is 1.14. The van der Waals surface area contributed by atoms with Gasteiger partial charge in [-0.25, -0.2) is 0 Å². The molecule has 0 spiro atoms. The summed E-state index contributed by atoms with van der Waals surface area (Å²) in [6, 6.07) is 6.26. The van der Waals surface area contributed by atoms with Crippen molar-refractivity contribution in [1.82, 2.24) is 0 Å². The zero-order valence-electron chi connectivity index (χ0n) is 10.1. The molecule has 3 rings (SSSR count). The van der Waals surface area contributed by atoms with Gasteiger partial charge in [0.2, 0.25) is 6.79 Å². The predicted octanol–water partition coefficient (Wildman–Crippen LogP) is 2.48.